The molecule has 2 aliphatic carbocycles. The highest BCUT2D eigenvalue weighted by Gasteiger charge is 2.34. The molecule has 0 amide bonds. The van der Waals surface area contributed by atoms with Crippen molar-refractivity contribution >= 4 is 8.80 Å². The Morgan fingerprint density at radius 3 is 2.33 bits per heavy atom. The predicted molar refractivity (Wildman–Crippen MR) is 96.3 cm³/mol. The Kier molecular flexibility index (Phi) is 4.14. The zero-order valence-corrected chi connectivity index (χ0v) is 15.6. The highest BCUT2D eigenvalue weighted by molar-refractivity contribution is 6.69. The predicted octanol–water partition coefficient (Wildman–Crippen LogP) is 5.89. The van der Waals surface area contributed by atoms with Gasteiger partial charge in [-0.25, -0.2) is 0 Å². The highest BCUT2D eigenvalue weighted by Crippen LogP contribution is 2.48. The van der Waals surface area contributed by atoms with Gasteiger partial charge in [-0.3, -0.25) is 0 Å². The first kappa shape index (κ1) is 15.1. The van der Waals surface area contributed by atoms with Crippen molar-refractivity contribution in [2.75, 3.05) is 0 Å². The van der Waals surface area contributed by atoms with Crippen LogP contribution in [0.1, 0.15) is 60.3 Å². The molecule has 1 unspecified atom stereocenters. The topological polar surface area (TPSA) is 0 Å². The van der Waals surface area contributed by atoms with Crippen LogP contribution >= 0.6 is 0 Å². The summed E-state index contributed by atoms with van der Waals surface area (Å²) < 4.78 is 0. The fourth-order valence-electron chi connectivity index (χ4n) is 4.38. The molecule has 114 valence electrons. The molecule has 1 heteroatoms. The van der Waals surface area contributed by atoms with Crippen LogP contribution in [0.5, 0.6) is 0 Å². The maximum Gasteiger partial charge on any atom is 0.0668 e. The SMILES string of the molecule is CCCC1=CCC([SiH]2CCC2)=C1C1=C(C)C(C)=C(C)C1C. The molecular weight excluding hydrogens is 268 g/mol. The van der Waals surface area contributed by atoms with E-state index in [-0.39, 0.29) is 0 Å². The van der Waals surface area contributed by atoms with Crippen molar-refractivity contribution in [2.24, 2.45) is 5.92 Å². The molecule has 1 heterocycles. The average molecular weight is 299 g/mol. The van der Waals surface area contributed by atoms with Gasteiger partial charge in [0.1, 0.15) is 0 Å². The first-order valence-corrected chi connectivity index (χ1v) is 11.1. The molecule has 3 rings (SSSR count). The van der Waals surface area contributed by atoms with E-state index in [9.17, 15) is 0 Å². The van der Waals surface area contributed by atoms with Gasteiger partial charge >= 0.3 is 0 Å². The summed E-state index contributed by atoms with van der Waals surface area (Å²) >= 11 is 0. The number of hydrogen-bond acceptors (Lipinski definition) is 0. The zero-order valence-electron chi connectivity index (χ0n) is 14.5. The Balaban J connectivity index is 2.05. The van der Waals surface area contributed by atoms with E-state index >= 15 is 0 Å². The molecule has 1 fully saturated rings. The Morgan fingerprint density at radius 1 is 1.14 bits per heavy atom. The molecule has 0 aromatic heterocycles. The largest absolute Gasteiger partial charge is 0.0770 e. The molecule has 0 bridgehead atoms. The van der Waals surface area contributed by atoms with Crippen molar-refractivity contribution in [2.45, 2.75) is 72.4 Å². The van der Waals surface area contributed by atoms with Crippen molar-refractivity contribution in [3.05, 3.63) is 44.7 Å². The van der Waals surface area contributed by atoms with Crippen molar-refractivity contribution in [3.8, 4) is 0 Å². The van der Waals surface area contributed by atoms with Gasteiger partial charge in [0.2, 0.25) is 0 Å². The molecule has 1 saturated heterocycles. The smallest absolute Gasteiger partial charge is 0.0668 e. The van der Waals surface area contributed by atoms with Crippen LogP contribution in [-0.4, -0.2) is 8.80 Å². The van der Waals surface area contributed by atoms with Crippen LogP contribution in [0.3, 0.4) is 0 Å². The second-order valence-corrected chi connectivity index (χ2v) is 10.5. The average Bonchev–Trinajstić information content (AvgIpc) is 2.86. The third kappa shape index (κ3) is 2.34. The Bertz CT molecular complexity index is 579. The van der Waals surface area contributed by atoms with Gasteiger partial charge in [-0.2, -0.15) is 0 Å². The van der Waals surface area contributed by atoms with E-state index in [0.29, 0.717) is 5.92 Å². The van der Waals surface area contributed by atoms with Gasteiger partial charge in [-0.05, 0) is 61.5 Å². The van der Waals surface area contributed by atoms with Crippen LogP contribution in [-0.2, 0) is 0 Å². The Labute approximate surface area is 132 Å². The van der Waals surface area contributed by atoms with Crippen LogP contribution in [0.2, 0.25) is 12.1 Å². The van der Waals surface area contributed by atoms with E-state index in [4.69, 9.17) is 0 Å². The molecule has 0 spiro atoms. The quantitative estimate of drug-likeness (QED) is 0.568. The summed E-state index contributed by atoms with van der Waals surface area (Å²) in [5.41, 5.74) is 9.90. The normalized spacial score (nSPS) is 26.9. The highest BCUT2D eigenvalue weighted by atomic mass is 28.3. The lowest BCUT2D eigenvalue weighted by molar-refractivity contribution is 0.813. The number of hydrogen-bond donors (Lipinski definition) is 0. The number of allylic oxidation sites excluding steroid dienone is 8. The molecule has 1 aliphatic heterocycles. The van der Waals surface area contributed by atoms with E-state index in [0.717, 1.165) is 0 Å². The molecule has 0 saturated carbocycles. The summed E-state index contributed by atoms with van der Waals surface area (Å²) in [5, 5.41) is 1.92. The third-order valence-corrected chi connectivity index (χ3v) is 9.96. The monoisotopic (exact) mass is 298 g/mol. The third-order valence-electron chi connectivity index (χ3n) is 6.24. The molecule has 0 aromatic rings. The van der Waals surface area contributed by atoms with Gasteiger partial charge in [0.25, 0.3) is 0 Å². The minimum atomic E-state index is -0.551. The molecule has 1 atom stereocenters. The van der Waals surface area contributed by atoms with Crippen LogP contribution in [0.15, 0.2) is 44.7 Å². The first-order chi connectivity index (χ1) is 10.1. The van der Waals surface area contributed by atoms with Crippen molar-refractivity contribution in [3.63, 3.8) is 0 Å². The summed E-state index contributed by atoms with van der Waals surface area (Å²) in [4.78, 5) is 0. The fourth-order valence-corrected chi connectivity index (χ4v) is 7.09. The summed E-state index contributed by atoms with van der Waals surface area (Å²) in [6.45, 7) is 11.8. The van der Waals surface area contributed by atoms with Crippen LogP contribution in [0, 0.1) is 5.92 Å². The summed E-state index contributed by atoms with van der Waals surface area (Å²) in [5.74, 6) is 0.641. The lowest BCUT2D eigenvalue weighted by Gasteiger charge is -2.29. The van der Waals surface area contributed by atoms with Crippen molar-refractivity contribution in [1.82, 2.24) is 0 Å². The summed E-state index contributed by atoms with van der Waals surface area (Å²) in [6, 6.07) is 3.14. The minimum Gasteiger partial charge on any atom is -0.0770 e. The van der Waals surface area contributed by atoms with Gasteiger partial charge in [-0.1, -0.05) is 55.6 Å². The van der Waals surface area contributed by atoms with E-state index in [1.165, 1.54) is 25.7 Å². The first-order valence-electron chi connectivity index (χ1n) is 8.87. The second-order valence-electron chi connectivity index (χ2n) is 7.28. The fraction of sp³-hybridized carbons (Fsp3) is 0.600. The second kappa shape index (κ2) is 5.76. The summed E-state index contributed by atoms with van der Waals surface area (Å²) in [7, 11) is -0.551. The van der Waals surface area contributed by atoms with E-state index < -0.39 is 8.80 Å². The number of rotatable bonds is 4. The van der Waals surface area contributed by atoms with Gasteiger partial charge < -0.3 is 0 Å². The molecule has 0 radical (unpaired) electrons. The molecule has 3 aliphatic rings. The van der Waals surface area contributed by atoms with Crippen LogP contribution in [0.25, 0.3) is 0 Å². The zero-order chi connectivity index (χ0) is 15.1. The van der Waals surface area contributed by atoms with Crippen LogP contribution < -0.4 is 0 Å². The van der Waals surface area contributed by atoms with Gasteiger partial charge in [0, 0.05) is 5.92 Å². The maximum atomic E-state index is 2.58. The Morgan fingerprint density at radius 2 is 1.86 bits per heavy atom. The van der Waals surface area contributed by atoms with E-state index in [1.807, 2.05) is 5.20 Å². The van der Waals surface area contributed by atoms with E-state index in [2.05, 4.69) is 40.7 Å². The van der Waals surface area contributed by atoms with Gasteiger partial charge in [0.15, 0.2) is 0 Å². The van der Waals surface area contributed by atoms with Gasteiger partial charge in [0.05, 0.1) is 8.80 Å². The molecule has 0 N–H and O–H groups in total. The molecule has 0 nitrogen and oxygen atoms in total. The molecule has 21 heavy (non-hydrogen) atoms. The Hall–Kier alpha value is -0.823. The summed E-state index contributed by atoms with van der Waals surface area (Å²) in [6.07, 6.45) is 7.93. The lowest BCUT2D eigenvalue weighted by atomic mass is 9.87. The van der Waals surface area contributed by atoms with Crippen molar-refractivity contribution in [1.29, 1.82) is 0 Å². The maximum absolute atomic E-state index is 2.58. The van der Waals surface area contributed by atoms with Crippen molar-refractivity contribution < 1.29 is 0 Å². The standard InChI is InChI=1S/C20H30Si/c1-6-8-17-9-10-18(21-11-7-12-21)20(17)19-15(4)13(2)14(3)16(19)5/h9,15,21H,6-8,10-12H2,1-5H3. The molecule has 0 aromatic carbocycles. The van der Waals surface area contributed by atoms with Crippen LogP contribution in [0.4, 0.5) is 0 Å². The van der Waals surface area contributed by atoms with E-state index in [1.54, 1.807) is 45.5 Å². The van der Waals surface area contributed by atoms with Gasteiger partial charge in [-0.15, -0.1) is 0 Å². The minimum absolute atomic E-state index is 0.551. The molecular formula is C20H30Si. The lowest BCUT2D eigenvalue weighted by Crippen LogP contribution is -2.25.